The molecule has 140 valence electrons. The highest BCUT2D eigenvalue weighted by Gasteiger charge is 2.19. The van der Waals surface area contributed by atoms with Crippen LogP contribution in [0, 0.1) is 0 Å². The van der Waals surface area contributed by atoms with Crippen LogP contribution < -0.4 is 4.90 Å². The van der Waals surface area contributed by atoms with E-state index in [0.717, 1.165) is 37.4 Å². The van der Waals surface area contributed by atoms with Crippen molar-refractivity contribution >= 4 is 22.8 Å². The molecule has 26 heavy (non-hydrogen) atoms. The number of carbonyl (C=O) groups is 1. The first kappa shape index (κ1) is 19.0. The number of anilines is 1. The first-order valence-electron chi connectivity index (χ1n) is 8.98. The maximum atomic E-state index is 11.4. The van der Waals surface area contributed by atoms with E-state index in [1.165, 1.54) is 4.88 Å². The van der Waals surface area contributed by atoms with Gasteiger partial charge in [-0.05, 0) is 42.6 Å². The predicted molar refractivity (Wildman–Crippen MR) is 105 cm³/mol. The molecule has 0 bridgehead atoms. The molecule has 1 fully saturated rings. The first-order chi connectivity index (χ1) is 12.6. The van der Waals surface area contributed by atoms with E-state index in [1.54, 1.807) is 18.3 Å². The van der Waals surface area contributed by atoms with Crippen LogP contribution in [0.5, 0.6) is 0 Å². The third-order valence-corrected chi connectivity index (χ3v) is 5.46. The topological polar surface area (TPSA) is 53.0 Å². The van der Waals surface area contributed by atoms with Crippen LogP contribution in [0.2, 0.25) is 0 Å². The Kier molecular flexibility index (Phi) is 6.80. The molecule has 0 radical (unpaired) electrons. The largest absolute Gasteiger partial charge is 0.389 e. The van der Waals surface area contributed by atoms with E-state index in [2.05, 4.69) is 9.80 Å². The lowest BCUT2D eigenvalue weighted by Crippen LogP contribution is -2.49. The summed E-state index contributed by atoms with van der Waals surface area (Å²) in [6, 6.07) is 11.9. The van der Waals surface area contributed by atoms with Gasteiger partial charge in [0.1, 0.15) is 0 Å². The van der Waals surface area contributed by atoms with Crippen molar-refractivity contribution in [1.82, 2.24) is 4.90 Å². The van der Waals surface area contributed by atoms with Crippen molar-refractivity contribution in [2.24, 2.45) is 0 Å². The Morgan fingerprint density at radius 3 is 2.54 bits per heavy atom. The fourth-order valence-electron chi connectivity index (χ4n) is 3.14. The van der Waals surface area contributed by atoms with Gasteiger partial charge in [-0.15, -0.1) is 11.3 Å². The quantitative estimate of drug-likeness (QED) is 0.720. The van der Waals surface area contributed by atoms with Gasteiger partial charge in [-0.1, -0.05) is 6.07 Å². The number of piperazine rings is 1. The summed E-state index contributed by atoms with van der Waals surface area (Å²) in [4.78, 5) is 17.1. The van der Waals surface area contributed by atoms with Crippen LogP contribution in [0.1, 0.15) is 22.2 Å². The highest BCUT2D eigenvalue weighted by molar-refractivity contribution is 7.09. The lowest BCUT2D eigenvalue weighted by atomic mass is 10.1. The van der Waals surface area contributed by atoms with Crippen molar-refractivity contribution in [3.63, 3.8) is 0 Å². The molecule has 2 heterocycles. The summed E-state index contributed by atoms with van der Waals surface area (Å²) in [5.74, 6) is 0.0941. The maximum absolute atomic E-state index is 11.4. The summed E-state index contributed by atoms with van der Waals surface area (Å²) in [5.41, 5.74) is 1.90. The van der Waals surface area contributed by atoms with E-state index in [0.29, 0.717) is 19.8 Å². The average Bonchev–Trinajstić information content (AvgIpc) is 3.16. The predicted octanol–water partition coefficient (Wildman–Crippen LogP) is 2.65. The Hall–Kier alpha value is -1.73. The third kappa shape index (κ3) is 5.38. The molecule has 0 aliphatic carbocycles. The molecule has 2 aromatic rings. The van der Waals surface area contributed by atoms with Crippen LogP contribution in [0.4, 0.5) is 5.69 Å². The molecule has 6 heteroatoms. The number of thiophene rings is 1. The van der Waals surface area contributed by atoms with E-state index in [4.69, 9.17) is 4.74 Å². The zero-order chi connectivity index (χ0) is 18.4. The highest BCUT2D eigenvalue weighted by atomic mass is 32.1. The molecule has 1 aromatic heterocycles. The molecule has 0 saturated carbocycles. The smallest absolute Gasteiger partial charge is 0.159 e. The van der Waals surface area contributed by atoms with Crippen LogP contribution in [0.3, 0.4) is 0 Å². The lowest BCUT2D eigenvalue weighted by Gasteiger charge is -2.36. The third-order valence-electron chi connectivity index (χ3n) is 4.61. The molecule has 1 saturated heterocycles. The number of carbonyl (C=O) groups excluding carboxylic acids is 1. The Bertz CT molecular complexity index is 680. The number of Topliss-reactive ketones (excluding diaryl/α,β-unsaturated/α-hetero) is 1. The van der Waals surface area contributed by atoms with Crippen LogP contribution in [-0.4, -0.2) is 61.2 Å². The zero-order valence-electron chi connectivity index (χ0n) is 15.1. The van der Waals surface area contributed by atoms with Crippen LogP contribution in [0.25, 0.3) is 0 Å². The lowest BCUT2D eigenvalue weighted by molar-refractivity contribution is 0.00991. The number of rotatable bonds is 8. The minimum atomic E-state index is -0.462. The molecule has 3 rings (SSSR count). The average molecular weight is 375 g/mol. The standard InChI is InChI=1S/C20H26N2O3S/c1-16(23)17-4-6-18(7-5-17)22-10-8-21(9-11-22)13-19(24)14-25-15-20-3-2-12-26-20/h2-7,12,19,24H,8-11,13-15H2,1H3/t19-/m0/s1. The van der Waals surface area contributed by atoms with E-state index < -0.39 is 6.10 Å². The molecular formula is C20H26N2O3S. The summed E-state index contributed by atoms with van der Waals surface area (Å²) < 4.78 is 5.60. The minimum absolute atomic E-state index is 0.0941. The van der Waals surface area contributed by atoms with E-state index in [-0.39, 0.29) is 5.78 Å². The Morgan fingerprint density at radius 1 is 1.19 bits per heavy atom. The Morgan fingerprint density at radius 2 is 1.92 bits per heavy atom. The summed E-state index contributed by atoms with van der Waals surface area (Å²) in [7, 11) is 0. The fraction of sp³-hybridized carbons (Fsp3) is 0.450. The first-order valence-corrected chi connectivity index (χ1v) is 9.86. The maximum Gasteiger partial charge on any atom is 0.159 e. The second-order valence-corrected chi connectivity index (χ2v) is 7.67. The van der Waals surface area contributed by atoms with Crippen molar-refractivity contribution in [2.45, 2.75) is 19.6 Å². The van der Waals surface area contributed by atoms with Gasteiger partial charge in [0.25, 0.3) is 0 Å². The fourth-order valence-corrected chi connectivity index (χ4v) is 3.78. The summed E-state index contributed by atoms with van der Waals surface area (Å²) in [6.07, 6.45) is -0.462. The van der Waals surface area contributed by atoms with Gasteiger partial charge in [-0.3, -0.25) is 9.69 Å². The Balaban J connectivity index is 1.38. The van der Waals surface area contributed by atoms with Gasteiger partial charge in [0, 0.05) is 48.9 Å². The number of hydrogen-bond acceptors (Lipinski definition) is 6. The molecule has 1 atom stereocenters. The van der Waals surface area contributed by atoms with Crippen molar-refractivity contribution in [3.8, 4) is 0 Å². The van der Waals surface area contributed by atoms with Crippen LogP contribution >= 0.6 is 11.3 Å². The number of benzene rings is 1. The molecule has 1 aromatic carbocycles. The molecule has 1 aliphatic heterocycles. The molecule has 1 aliphatic rings. The molecular weight excluding hydrogens is 348 g/mol. The van der Waals surface area contributed by atoms with Gasteiger partial charge in [0.2, 0.25) is 0 Å². The summed E-state index contributed by atoms with van der Waals surface area (Å²) >= 11 is 1.67. The van der Waals surface area contributed by atoms with Gasteiger partial charge < -0.3 is 14.7 Å². The SMILES string of the molecule is CC(=O)c1ccc(N2CCN(C[C@H](O)COCc3cccs3)CC2)cc1. The second kappa shape index (κ2) is 9.28. The molecule has 0 unspecified atom stereocenters. The van der Waals surface area contributed by atoms with Crippen molar-refractivity contribution in [1.29, 1.82) is 0 Å². The second-order valence-electron chi connectivity index (χ2n) is 6.64. The number of aliphatic hydroxyl groups is 1. The normalized spacial score (nSPS) is 16.6. The van der Waals surface area contributed by atoms with Crippen LogP contribution in [0.15, 0.2) is 41.8 Å². The Labute approximate surface area is 158 Å². The number of ether oxygens (including phenoxy) is 1. The summed E-state index contributed by atoms with van der Waals surface area (Å²) in [6.45, 7) is 6.82. The number of ketones is 1. The monoisotopic (exact) mass is 374 g/mol. The van der Waals surface area contributed by atoms with Crippen molar-refractivity contribution in [3.05, 3.63) is 52.2 Å². The summed E-state index contributed by atoms with van der Waals surface area (Å²) in [5, 5.41) is 12.2. The molecule has 1 N–H and O–H groups in total. The van der Waals surface area contributed by atoms with Gasteiger partial charge in [-0.25, -0.2) is 0 Å². The van der Waals surface area contributed by atoms with E-state index in [9.17, 15) is 9.90 Å². The van der Waals surface area contributed by atoms with E-state index >= 15 is 0 Å². The molecule has 5 nitrogen and oxygen atoms in total. The molecule has 0 spiro atoms. The minimum Gasteiger partial charge on any atom is -0.389 e. The number of aliphatic hydroxyl groups excluding tert-OH is 1. The number of β-amino-alcohol motifs (C(OH)–C–C–N with tert-alkyl or cyclic N) is 1. The zero-order valence-corrected chi connectivity index (χ0v) is 16.0. The van der Waals surface area contributed by atoms with Crippen LogP contribution in [-0.2, 0) is 11.3 Å². The number of nitrogens with zero attached hydrogens (tertiary/aromatic N) is 2. The van der Waals surface area contributed by atoms with Crippen molar-refractivity contribution in [2.75, 3.05) is 44.2 Å². The van der Waals surface area contributed by atoms with Gasteiger partial charge in [0.05, 0.1) is 19.3 Å². The van der Waals surface area contributed by atoms with Gasteiger partial charge >= 0.3 is 0 Å². The molecule has 0 amide bonds. The highest BCUT2D eigenvalue weighted by Crippen LogP contribution is 2.18. The number of hydrogen-bond donors (Lipinski definition) is 1. The van der Waals surface area contributed by atoms with Gasteiger partial charge in [0.15, 0.2) is 5.78 Å². The van der Waals surface area contributed by atoms with Gasteiger partial charge in [-0.2, -0.15) is 0 Å². The van der Waals surface area contributed by atoms with Crippen molar-refractivity contribution < 1.29 is 14.6 Å². The van der Waals surface area contributed by atoms with E-state index in [1.807, 2.05) is 41.8 Å².